The maximum Gasteiger partial charge on any atom is 0.254 e. The van der Waals surface area contributed by atoms with Gasteiger partial charge in [0.05, 0.1) is 35.0 Å². The number of ether oxygens (including phenoxy) is 2. The number of carbonyl (C=O) groups excluding carboxylic acids is 1. The van der Waals surface area contributed by atoms with Crippen molar-refractivity contribution >= 4 is 39.1 Å². The van der Waals surface area contributed by atoms with E-state index in [2.05, 4.69) is 11.0 Å². The smallest absolute Gasteiger partial charge is 0.254 e. The molecule has 0 unspecified atom stereocenters. The molecule has 1 aliphatic heterocycles. The van der Waals surface area contributed by atoms with E-state index in [0.29, 0.717) is 35.2 Å². The first kappa shape index (κ1) is 21.9. The van der Waals surface area contributed by atoms with E-state index in [9.17, 15) is 4.79 Å². The number of hydrogen-bond donors (Lipinski definition) is 0. The lowest BCUT2D eigenvalue weighted by Crippen LogP contribution is -2.48. The largest absolute Gasteiger partial charge is 0.493 e. The molecule has 1 aliphatic rings. The van der Waals surface area contributed by atoms with Crippen LogP contribution in [0.4, 0.5) is 0 Å². The number of nitrogens with zero attached hydrogens (tertiary/aromatic N) is 3. The summed E-state index contributed by atoms with van der Waals surface area (Å²) < 4.78 is 12.4. The van der Waals surface area contributed by atoms with Crippen molar-refractivity contribution in [3.63, 3.8) is 0 Å². The summed E-state index contributed by atoms with van der Waals surface area (Å²) in [5, 5.41) is 1.49. The first-order valence-corrected chi connectivity index (χ1v) is 11.5. The first-order valence-electron chi connectivity index (χ1n) is 10.3. The van der Waals surface area contributed by atoms with Gasteiger partial charge in [0.2, 0.25) is 0 Å². The summed E-state index contributed by atoms with van der Waals surface area (Å²) in [6.45, 7) is 7.58. The Labute approximate surface area is 191 Å². The molecule has 2 aromatic carbocycles. The van der Waals surface area contributed by atoms with Crippen molar-refractivity contribution < 1.29 is 14.3 Å². The molecule has 164 valence electrons. The Hall–Kier alpha value is -2.35. The van der Waals surface area contributed by atoms with Crippen LogP contribution < -0.4 is 9.47 Å². The molecule has 3 aromatic rings. The lowest BCUT2D eigenvalue weighted by molar-refractivity contribution is 0.0628. The van der Waals surface area contributed by atoms with Crippen LogP contribution in [0.1, 0.15) is 29.2 Å². The van der Waals surface area contributed by atoms with Crippen molar-refractivity contribution in [3.05, 3.63) is 52.0 Å². The Morgan fingerprint density at radius 3 is 2.61 bits per heavy atom. The molecule has 0 bridgehead atoms. The average Bonchev–Trinajstić information content (AvgIpc) is 3.17. The molecular formula is C23H26ClN3O3S. The predicted molar refractivity (Wildman–Crippen MR) is 125 cm³/mol. The van der Waals surface area contributed by atoms with Crippen molar-refractivity contribution in [1.82, 2.24) is 14.8 Å². The van der Waals surface area contributed by atoms with E-state index in [1.807, 2.05) is 36.9 Å². The predicted octanol–water partition coefficient (Wildman–Crippen LogP) is 4.70. The van der Waals surface area contributed by atoms with Gasteiger partial charge in [-0.3, -0.25) is 9.69 Å². The van der Waals surface area contributed by atoms with Crippen LogP contribution in [0.25, 0.3) is 10.2 Å². The zero-order valence-corrected chi connectivity index (χ0v) is 19.5. The molecule has 1 saturated heterocycles. The fourth-order valence-electron chi connectivity index (χ4n) is 3.66. The SMILES string of the molecule is COc1cc(C(=O)N2CCN(Cc3nc4ccccc4s3)CC2)cc(Cl)c1OC(C)C. The fraction of sp³-hybridized carbons (Fsp3) is 0.391. The Kier molecular flexibility index (Phi) is 6.65. The van der Waals surface area contributed by atoms with Gasteiger partial charge in [-0.05, 0) is 38.1 Å². The number of methoxy groups -OCH3 is 1. The van der Waals surface area contributed by atoms with Crippen LogP contribution in [0.5, 0.6) is 11.5 Å². The minimum Gasteiger partial charge on any atom is -0.493 e. The van der Waals surface area contributed by atoms with Crippen LogP contribution in [-0.2, 0) is 6.54 Å². The van der Waals surface area contributed by atoms with Gasteiger partial charge in [0, 0.05) is 31.7 Å². The van der Waals surface area contributed by atoms with Crippen LogP contribution in [0.3, 0.4) is 0 Å². The zero-order chi connectivity index (χ0) is 22.0. The summed E-state index contributed by atoms with van der Waals surface area (Å²) in [4.78, 5) is 22.0. The quantitative estimate of drug-likeness (QED) is 0.534. The Bertz CT molecular complexity index is 1040. The van der Waals surface area contributed by atoms with E-state index >= 15 is 0 Å². The lowest BCUT2D eigenvalue weighted by atomic mass is 10.1. The van der Waals surface area contributed by atoms with Gasteiger partial charge in [-0.1, -0.05) is 23.7 Å². The Morgan fingerprint density at radius 1 is 1.19 bits per heavy atom. The van der Waals surface area contributed by atoms with Crippen LogP contribution in [0.2, 0.25) is 5.02 Å². The van der Waals surface area contributed by atoms with Gasteiger partial charge >= 0.3 is 0 Å². The third-order valence-corrected chi connectivity index (χ3v) is 6.49. The molecule has 0 N–H and O–H groups in total. The van der Waals surface area contributed by atoms with Gasteiger partial charge in [0.25, 0.3) is 5.91 Å². The number of carbonyl (C=O) groups is 1. The second kappa shape index (κ2) is 9.42. The number of fused-ring (bicyclic) bond motifs is 1. The second-order valence-electron chi connectivity index (χ2n) is 7.80. The number of benzene rings is 2. The maximum atomic E-state index is 13.1. The monoisotopic (exact) mass is 459 g/mol. The molecule has 4 rings (SSSR count). The molecular weight excluding hydrogens is 434 g/mol. The highest BCUT2D eigenvalue weighted by Crippen LogP contribution is 2.37. The van der Waals surface area contributed by atoms with Gasteiger partial charge < -0.3 is 14.4 Å². The second-order valence-corrected chi connectivity index (χ2v) is 9.32. The number of halogens is 1. The molecule has 0 atom stereocenters. The average molecular weight is 460 g/mol. The van der Waals surface area contributed by atoms with Gasteiger partial charge in [-0.2, -0.15) is 0 Å². The Morgan fingerprint density at radius 2 is 1.94 bits per heavy atom. The highest BCUT2D eigenvalue weighted by Gasteiger charge is 2.25. The van der Waals surface area contributed by atoms with Gasteiger partial charge in [0.1, 0.15) is 5.01 Å². The molecule has 1 fully saturated rings. The van der Waals surface area contributed by atoms with Crippen molar-refractivity contribution in [2.24, 2.45) is 0 Å². The van der Waals surface area contributed by atoms with E-state index in [0.717, 1.165) is 30.2 Å². The summed E-state index contributed by atoms with van der Waals surface area (Å²) in [6, 6.07) is 11.6. The molecule has 8 heteroatoms. The van der Waals surface area contributed by atoms with Gasteiger partial charge in [-0.15, -0.1) is 11.3 Å². The molecule has 0 aliphatic carbocycles. The number of thiazole rings is 1. The van der Waals surface area contributed by atoms with Gasteiger partial charge in [-0.25, -0.2) is 4.98 Å². The molecule has 6 nitrogen and oxygen atoms in total. The van der Waals surface area contributed by atoms with E-state index in [1.165, 1.54) is 4.70 Å². The van der Waals surface area contributed by atoms with Crippen molar-refractivity contribution in [2.75, 3.05) is 33.3 Å². The van der Waals surface area contributed by atoms with E-state index in [4.69, 9.17) is 26.1 Å². The van der Waals surface area contributed by atoms with E-state index in [-0.39, 0.29) is 12.0 Å². The van der Waals surface area contributed by atoms with Crippen molar-refractivity contribution in [3.8, 4) is 11.5 Å². The number of hydrogen-bond acceptors (Lipinski definition) is 6. The molecule has 2 heterocycles. The van der Waals surface area contributed by atoms with Crippen molar-refractivity contribution in [2.45, 2.75) is 26.5 Å². The molecule has 0 radical (unpaired) electrons. The molecule has 0 saturated carbocycles. The summed E-state index contributed by atoms with van der Waals surface area (Å²) in [6.07, 6.45) is -0.0449. The summed E-state index contributed by atoms with van der Waals surface area (Å²) in [5.74, 6) is 0.895. The number of piperazine rings is 1. The summed E-state index contributed by atoms with van der Waals surface area (Å²) in [7, 11) is 1.55. The van der Waals surface area contributed by atoms with Crippen LogP contribution >= 0.6 is 22.9 Å². The number of amides is 1. The standard InChI is InChI=1S/C23H26ClN3O3S/c1-15(2)30-22-17(24)12-16(13-19(22)29-3)23(28)27-10-8-26(9-11-27)14-21-25-18-6-4-5-7-20(18)31-21/h4-7,12-13,15H,8-11,14H2,1-3H3. The van der Waals surface area contributed by atoms with Crippen LogP contribution in [-0.4, -0.2) is 60.1 Å². The fourth-order valence-corrected chi connectivity index (χ4v) is 4.93. The summed E-state index contributed by atoms with van der Waals surface area (Å²) in [5.41, 5.74) is 1.56. The topological polar surface area (TPSA) is 54.9 Å². The third kappa shape index (κ3) is 4.95. The first-order chi connectivity index (χ1) is 14.9. The maximum absolute atomic E-state index is 13.1. The summed E-state index contributed by atoms with van der Waals surface area (Å²) >= 11 is 8.13. The molecule has 1 amide bonds. The van der Waals surface area contributed by atoms with E-state index < -0.39 is 0 Å². The normalized spacial score (nSPS) is 14.9. The number of aromatic nitrogens is 1. The van der Waals surface area contributed by atoms with Crippen LogP contribution in [0, 0.1) is 0 Å². The Balaban J connectivity index is 1.40. The third-order valence-electron chi connectivity index (χ3n) is 5.19. The highest BCUT2D eigenvalue weighted by molar-refractivity contribution is 7.18. The van der Waals surface area contributed by atoms with E-state index in [1.54, 1.807) is 30.6 Å². The highest BCUT2D eigenvalue weighted by atomic mass is 35.5. The van der Waals surface area contributed by atoms with Crippen molar-refractivity contribution in [1.29, 1.82) is 0 Å². The molecule has 0 spiro atoms. The number of rotatable bonds is 6. The van der Waals surface area contributed by atoms with Gasteiger partial charge in [0.15, 0.2) is 11.5 Å². The molecule has 31 heavy (non-hydrogen) atoms. The molecule has 1 aromatic heterocycles. The number of para-hydroxylation sites is 1. The lowest BCUT2D eigenvalue weighted by Gasteiger charge is -2.34. The zero-order valence-electron chi connectivity index (χ0n) is 17.9. The van der Waals surface area contributed by atoms with Crippen LogP contribution in [0.15, 0.2) is 36.4 Å². The minimum atomic E-state index is -0.0454. The minimum absolute atomic E-state index is 0.0449.